The van der Waals surface area contributed by atoms with E-state index in [2.05, 4.69) is 26.6 Å². The molecule has 3 aliphatic carbocycles. The lowest BCUT2D eigenvalue weighted by atomic mass is 9.41. The second-order valence-corrected chi connectivity index (χ2v) is 27.1. The number of phenolic OH excluding ortho intramolecular Hbond substituents is 1. The van der Waals surface area contributed by atoms with Crippen LogP contribution in [-0.2, 0) is 62.0 Å². The minimum Gasteiger partial charge on any atom is -0.508 e. The molecule has 516 valence electrons. The van der Waals surface area contributed by atoms with Crippen LogP contribution >= 0.6 is 0 Å². The molecule has 1 heterocycles. The van der Waals surface area contributed by atoms with Gasteiger partial charge in [0.25, 0.3) is 5.91 Å². The van der Waals surface area contributed by atoms with E-state index in [9.17, 15) is 68.7 Å². The minimum absolute atomic E-state index is 0.0165. The predicted molar refractivity (Wildman–Crippen MR) is 338 cm³/mol. The quantitative estimate of drug-likeness (QED) is 0.0209. The maximum atomic E-state index is 15.4. The van der Waals surface area contributed by atoms with Crippen molar-refractivity contribution in [2.45, 2.75) is 205 Å². The maximum Gasteiger partial charge on any atom is 0.408 e. The topological polar surface area (TPSA) is 395 Å². The normalized spacial score (nSPS) is 25.8. The van der Waals surface area contributed by atoms with Crippen LogP contribution in [0.25, 0.3) is 0 Å². The van der Waals surface area contributed by atoms with Crippen molar-refractivity contribution in [1.29, 1.82) is 0 Å². The Bertz CT molecular complexity index is 3390. The number of carboxylic acids is 1. The van der Waals surface area contributed by atoms with Crippen molar-refractivity contribution in [3.8, 4) is 5.75 Å². The smallest absolute Gasteiger partial charge is 0.408 e. The number of aliphatic hydroxyl groups is 3. The number of carboxylic acid groups (broad SMARTS) is 1. The van der Waals surface area contributed by atoms with Gasteiger partial charge in [-0.3, -0.25) is 28.8 Å². The van der Waals surface area contributed by atoms with E-state index < -0.39 is 173 Å². The van der Waals surface area contributed by atoms with Crippen molar-refractivity contribution in [2.24, 2.45) is 22.2 Å². The predicted octanol–water partition coefficient (Wildman–Crippen LogP) is 4.92. The first kappa shape index (κ1) is 73.8. The molecule has 0 spiro atoms. The van der Waals surface area contributed by atoms with Crippen LogP contribution in [0.3, 0.4) is 0 Å². The van der Waals surface area contributed by atoms with E-state index in [0.29, 0.717) is 0 Å². The molecule has 14 atom stereocenters. The van der Waals surface area contributed by atoms with Crippen molar-refractivity contribution in [3.05, 3.63) is 113 Å². The molecular weight excluding hydrogens is 1230 g/mol. The summed E-state index contributed by atoms with van der Waals surface area (Å²) in [6, 6.07) is 16.7. The van der Waals surface area contributed by atoms with Gasteiger partial charge >= 0.3 is 30.0 Å². The first-order valence-corrected chi connectivity index (χ1v) is 31.9. The second kappa shape index (κ2) is 30.4. The number of esters is 3. The monoisotopic (exact) mass is 1320 g/mol. The van der Waals surface area contributed by atoms with Crippen molar-refractivity contribution < 1.29 is 102 Å². The SMILES string of the molecule is CC(=O)C[C@@]12CO[C@@H]1C[C@H](O)[C@@]1(C)C(=O)[C@H](O)C3=C(C)[C@@H](OC(=O)[C@H](OC(=O)CCC(=O)NCCCC[C@H](NC(=O)CC[C@H](C)NC(=O)[C@H](C)NC(=O)c4ccc(O)cc4)C(=O)O)[C@@H](NC(=O)OC(C)(C)C)c4ccccc4)C[C@@](O)([C@@H](OC(=O)c4ccccc4)[C@H]21)C3(C)C. The Kier molecular flexibility index (Phi) is 23.6. The van der Waals surface area contributed by atoms with E-state index in [1.165, 1.54) is 90.1 Å². The van der Waals surface area contributed by atoms with Crippen LogP contribution in [0, 0.1) is 22.2 Å². The Morgan fingerprint density at radius 3 is 2.01 bits per heavy atom. The Labute approximate surface area is 551 Å². The van der Waals surface area contributed by atoms with Gasteiger partial charge < -0.3 is 80.6 Å². The molecule has 26 heteroatoms. The molecule has 2 bridgehead atoms. The number of nitrogens with one attached hydrogen (secondary N) is 5. The Morgan fingerprint density at radius 2 is 1.41 bits per heavy atom. The van der Waals surface area contributed by atoms with Crippen LogP contribution in [0.5, 0.6) is 5.75 Å². The average Bonchev–Trinajstić information content (AvgIpc) is 0.671. The average molecular weight is 1320 g/mol. The number of ketones is 2. The van der Waals surface area contributed by atoms with E-state index >= 15 is 9.59 Å². The highest BCUT2D eigenvalue weighted by atomic mass is 16.6. The van der Waals surface area contributed by atoms with Crippen molar-refractivity contribution in [1.82, 2.24) is 26.6 Å². The minimum atomic E-state index is -2.45. The molecule has 0 aromatic heterocycles. The number of aliphatic hydroxyl groups excluding tert-OH is 2. The summed E-state index contributed by atoms with van der Waals surface area (Å²) in [5, 5.41) is 71.0. The molecule has 7 rings (SSSR count). The molecule has 5 amide bonds. The lowest BCUT2D eigenvalue weighted by molar-refractivity contribution is -0.319. The number of aromatic hydroxyl groups is 1. The molecule has 1 saturated heterocycles. The lowest BCUT2D eigenvalue weighted by Gasteiger charge is -2.68. The summed E-state index contributed by atoms with van der Waals surface area (Å²) >= 11 is 0. The number of benzene rings is 3. The third kappa shape index (κ3) is 16.9. The largest absolute Gasteiger partial charge is 0.508 e. The van der Waals surface area contributed by atoms with Crippen LogP contribution < -0.4 is 26.6 Å². The van der Waals surface area contributed by atoms with Crippen LogP contribution in [-0.4, -0.2) is 170 Å². The van der Waals surface area contributed by atoms with Gasteiger partial charge in [-0.2, -0.15) is 0 Å². The van der Waals surface area contributed by atoms with E-state index in [4.69, 9.17) is 23.7 Å². The van der Waals surface area contributed by atoms with Crippen molar-refractivity contribution in [3.63, 3.8) is 0 Å². The number of fused-ring (bicyclic) bond motifs is 5. The van der Waals surface area contributed by atoms with Crippen LogP contribution in [0.1, 0.15) is 166 Å². The van der Waals surface area contributed by atoms with Crippen molar-refractivity contribution >= 4 is 65.2 Å². The fraction of sp³-hybridized carbons (Fsp3) is 0.551. The fourth-order valence-corrected chi connectivity index (χ4v) is 13.7. The van der Waals surface area contributed by atoms with E-state index in [1.54, 1.807) is 64.1 Å². The highest BCUT2D eigenvalue weighted by molar-refractivity contribution is 5.98. The van der Waals surface area contributed by atoms with E-state index in [0.717, 1.165) is 0 Å². The molecule has 0 unspecified atom stereocenters. The molecule has 10 N–H and O–H groups in total. The number of hydrogen-bond acceptors (Lipinski definition) is 20. The number of hydrogen-bond donors (Lipinski definition) is 10. The number of amides is 5. The number of carbonyl (C=O) groups excluding carboxylic acids is 10. The highest BCUT2D eigenvalue weighted by Gasteiger charge is 2.76. The summed E-state index contributed by atoms with van der Waals surface area (Å²) in [5.74, 6) is -9.74. The van der Waals surface area contributed by atoms with Gasteiger partial charge in [0, 0.05) is 67.0 Å². The molecule has 2 saturated carbocycles. The van der Waals surface area contributed by atoms with Gasteiger partial charge in [0.1, 0.15) is 59.2 Å². The van der Waals surface area contributed by atoms with Crippen molar-refractivity contribution in [2.75, 3.05) is 13.2 Å². The Balaban J connectivity index is 1.06. The van der Waals surface area contributed by atoms with E-state index in [-0.39, 0.29) is 97.5 Å². The third-order valence-corrected chi connectivity index (χ3v) is 18.8. The number of carbonyl (C=O) groups is 11. The maximum absolute atomic E-state index is 15.4. The molecule has 3 aromatic carbocycles. The van der Waals surface area contributed by atoms with E-state index in [1.807, 2.05) is 0 Å². The summed E-state index contributed by atoms with van der Waals surface area (Å²) in [6.45, 7) is 15.0. The number of aliphatic carboxylic acids is 1. The first-order valence-electron chi connectivity index (χ1n) is 31.9. The lowest BCUT2D eigenvalue weighted by Crippen LogP contribution is -2.78. The highest BCUT2D eigenvalue weighted by Crippen LogP contribution is 2.67. The fourth-order valence-electron chi connectivity index (χ4n) is 13.7. The number of unbranched alkanes of at least 4 members (excludes halogenated alkanes) is 1. The van der Waals surface area contributed by atoms with Gasteiger partial charge in [0.05, 0.1) is 36.2 Å². The summed E-state index contributed by atoms with van der Waals surface area (Å²) in [6.07, 6.45) is -12.9. The van der Waals surface area contributed by atoms with Crippen LogP contribution in [0.15, 0.2) is 96.1 Å². The zero-order valence-corrected chi connectivity index (χ0v) is 55.2. The Hall–Kier alpha value is -8.59. The third-order valence-electron chi connectivity index (χ3n) is 18.8. The number of Topliss-reactive ketones (excluding diaryl/α,β-unsaturated/α-hetero) is 2. The Morgan fingerprint density at radius 1 is 0.768 bits per heavy atom. The van der Waals surface area contributed by atoms with Crippen LogP contribution in [0.2, 0.25) is 0 Å². The molecule has 3 fully saturated rings. The number of alkyl carbamates (subject to hydrolysis) is 1. The molecular formula is C69H89N5O21. The van der Waals surface area contributed by atoms with Gasteiger partial charge in [-0.05, 0) is 134 Å². The number of phenols is 1. The molecule has 1 aliphatic heterocycles. The first-order chi connectivity index (χ1) is 44.5. The summed E-state index contributed by atoms with van der Waals surface area (Å²) < 4.78 is 30.4. The summed E-state index contributed by atoms with van der Waals surface area (Å²) in [7, 11) is 0. The number of ether oxygens (including phenoxy) is 5. The number of rotatable bonds is 27. The van der Waals surface area contributed by atoms with Gasteiger partial charge in [-0.1, -0.05) is 62.4 Å². The van der Waals surface area contributed by atoms with Crippen LogP contribution in [0.4, 0.5) is 4.79 Å². The molecule has 95 heavy (non-hydrogen) atoms. The van der Waals surface area contributed by atoms with Gasteiger partial charge in [0.15, 0.2) is 5.78 Å². The zero-order valence-electron chi connectivity index (χ0n) is 55.2. The standard InChI is InChI=1S/C69H89N5O21/c1-37(71-59(83)40(4)72-60(84)42-25-27-44(76)28-26-42)24-29-50(79)73-45(61(85)86)23-17-18-32-70-49(78)30-31-51(80)93-55(53(41-19-13-11-14-20-41)74-64(89)95-65(5,6)7)63(88)92-46-35-69(90)58(94-62(87)43-21-15-12-16-22-43)56-67(10,57(82)54(81)52(39(46)3)66(69,8)9)47(77)33-48-68(56,36-91-48)34-38(2)75/h11-16,19-22,25-28,37,40,45-48,53-56,58,76-77,81,90H,17-18,23-24,29-36H2,1-10H3,(H,70,78)(H,71,83)(H,72,84)(H,73,79)(H,74,89)(H,85,86)/t37-,40-,45-,46-,47-,48+,53-,54+,55+,56-,58-,67+,68+,69+/m0/s1. The van der Waals surface area contributed by atoms with Gasteiger partial charge in [0.2, 0.25) is 23.8 Å². The molecule has 26 nitrogen and oxygen atoms in total. The molecule has 3 aromatic rings. The second-order valence-electron chi connectivity index (χ2n) is 27.1. The van der Waals surface area contributed by atoms with Gasteiger partial charge in [-0.25, -0.2) is 19.2 Å². The summed E-state index contributed by atoms with van der Waals surface area (Å²) in [4.78, 5) is 150. The zero-order chi connectivity index (χ0) is 70.1. The molecule has 4 aliphatic rings. The molecule has 0 radical (unpaired) electrons. The summed E-state index contributed by atoms with van der Waals surface area (Å²) in [5.41, 5.74) is -8.22. The van der Waals surface area contributed by atoms with Gasteiger partial charge in [-0.15, -0.1) is 0 Å².